The smallest absolute Gasteiger partial charge is 0.255 e. The van der Waals surface area contributed by atoms with Crippen molar-refractivity contribution in [1.29, 1.82) is 0 Å². The van der Waals surface area contributed by atoms with Gasteiger partial charge in [0, 0.05) is 29.6 Å². The third kappa shape index (κ3) is 3.61. The normalized spacial score (nSPS) is 10.2. The van der Waals surface area contributed by atoms with Crippen LogP contribution in [-0.2, 0) is 6.54 Å². The Balaban J connectivity index is 2.16. The van der Waals surface area contributed by atoms with E-state index in [2.05, 4.69) is 25.9 Å². The number of aromatic nitrogens is 2. The lowest BCUT2D eigenvalue weighted by Crippen LogP contribution is -2.30. The van der Waals surface area contributed by atoms with Crippen LogP contribution in [0.15, 0.2) is 47.3 Å². The van der Waals surface area contributed by atoms with Crippen LogP contribution in [-0.4, -0.2) is 27.3 Å². The fourth-order valence-corrected chi connectivity index (χ4v) is 2.09. The number of amides is 1. The minimum Gasteiger partial charge on any atom is -0.333 e. The summed E-state index contributed by atoms with van der Waals surface area (Å²) in [7, 11) is 0. The first-order valence-corrected chi connectivity index (χ1v) is 6.79. The minimum absolute atomic E-state index is 0.0399. The summed E-state index contributed by atoms with van der Waals surface area (Å²) in [6.45, 7) is 3.08. The molecule has 0 aliphatic rings. The molecule has 1 amide bonds. The first kappa shape index (κ1) is 13.7. The van der Waals surface area contributed by atoms with Crippen molar-refractivity contribution in [3.63, 3.8) is 0 Å². The van der Waals surface area contributed by atoms with Gasteiger partial charge in [-0.1, -0.05) is 6.07 Å². The molecule has 2 heterocycles. The zero-order valence-corrected chi connectivity index (χ0v) is 12.2. The molecular weight excluding hydrogens is 306 g/mol. The van der Waals surface area contributed by atoms with Crippen LogP contribution in [0.25, 0.3) is 0 Å². The molecule has 0 radical (unpaired) electrons. The van der Waals surface area contributed by atoms with Crippen LogP contribution in [0.3, 0.4) is 0 Å². The second kappa shape index (κ2) is 6.43. The van der Waals surface area contributed by atoms with E-state index in [1.807, 2.05) is 25.1 Å². The molecule has 0 aliphatic heterocycles. The molecule has 0 spiro atoms. The number of pyridine rings is 2. The van der Waals surface area contributed by atoms with E-state index in [0.29, 0.717) is 18.7 Å². The number of carbonyl (C=O) groups is 1. The maximum absolute atomic E-state index is 12.4. The van der Waals surface area contributed by atoms with Crippen molar-refractivity contribution in [2.75, 3.05) is 6.54 Å². The Bertz CT molecular complexity index is 560. The molecule has 5 heteroatoms. The molecule has 0 aromatic carbocycles. The van der Waals surface area contributed by atoms with Crippen molar-refractivity contribution < 1.29 is 4.79 Å². The number of rotatable bonds is 4. The number of carbonyl (C=O) groups excluding carboxylic acids is 1. The molecule has 2 rings (SSSR count). The fourth-order valence-electron chi connectivity index (χ4n) is 1.73. The van der Waals surface area contributed by atoms with Crippen LogP contribution in [0.5, 0.6) is 0 Å². The summed E-state index contributed by atoms with van der Waals surface area (Å²) >= 11 is 3.32. The number of halogens is 1. The lowest BCUT2D eigenvalue weighted by atomic mass is 10.2. The molecule has 0 aliphatic carbocycles. The number of hydrogen-bond donors (Lipinski definition) is 0. The van der Waals surface area contributed by atoms with E-state index in [4.69, 9.17) is 0 Å². The topological polar surface area (TPSA) is 46.1 Å². The lowest BCUT2D eigenvalue weighted by molar-refractivity contribution is 0.0750. The van der Waals surface area contributed by atoms with E-state index in [1.54, 1.807) is 29.6 Å². The molecule has 0 atom stereocenters. The van der Waals surface area contributed by atoms with E-state index >= 15 is 0 Å². The summed E-state index contributed by atoms with van der Waals surface area (Å²) in [4.78, 5) is 22.4. The van der Waals surface area contributed by atoms with Crippen molar-refractivity contribution in [3.05, 3.63) is 58.6 Å². The van der Waals surface area contributed by atoms with E-state index in [9.17, 15) is 4.79 Å². The Hall–Kier alpha value is -1.75. The highest BCUT2D eigenvalue weighted by Crippen LogP contribution is 2.13. The third-order valence-electron chi connectivity index (χ3n) is 2.70. The van der Waals surface area contributed by atoms with Gasteiger partial charge >= 0.3 is 0 Å². The van der Waals surface area contributed by atoms with Crippen molar-refractivity contribution >= 4 is 21.8 Å². The Morgan fingerprint density at radius 1 is 1.37 bits per heavy atom. The monoisotopic (exact) mass is 319 g/mol. The summed E-state index contributed by atoms with van der Waals surface area (Å²) in [5.74, 6) is -0.0399. The van der Waals surface area contributed by atoms with Crippen LogP contribution in [0.4, 0.5) is 0 Å². The van der Waals surface area contributed by atoms with Gasteiger partial charge in [0.1, 0.15) is 0 Å². The molecule has 2 aromatic heterocycles. The molecule has 2 aromatic rings. The summed E-state index contributed by atoms with van der Waals surface area (Å²) < 4.78 is 0.798. The summed E-state index contributed by atoms with van der Waals surface area (Å²) in [5.41, 5.74) is 1.45. The highest BCUT2D eigenvalue weighted by Gasteiger charge is 2.15. The summed E-state index contributed by atoms with van der Waals surface area (Å²) in [6, 6.07) is 7.46. The van der Waals surface area contributed by atoms with Crippen molar-refractivity contribution in [2.24, 2.45) is 0 Å². The zero-order valence-electron chi connectivity index (χ0n) is 10.6. The van der Waals surface area contributed by atoms with Crippen LogP contribution in [0.2, 0.25) is 0 Å². The highest BCUT2D eigenvalue weighted by atomic mass is 79.9. The Morgan fingerprint density at radius 3 is 2.84 bits per heavy atom. The van der Waals surface area contributed by atoms with Gasteiger partial charge in [-0.25, -0.2) is 0 Å². The van der Waals surface area contributed by atoms with Crippen LogP contribution in [0.1, 0.15) is 23.0 Å². The average Bonchev–Trinajstić information content (AvgIpc) is 2.45. The standard InChI is InChI=1S/C14H14BrN3O/c1-2-18(10-13-5-3-4-6-17-13)14(19)11-7-12(15)9-16-8-11/h3-9H,2,10H2,1H3. The predicted molar refractivity (Wildman–Crippen MR) is 76.6 cm³/mol. The Labute approximate surface area is 120 Å². The molecule has 0 saturated heterocycles. The van der Waals surface area contributed by atoms with Crippen molar-refractivity contribution in [1.82, 2.24) is 14.9 Å². The average molecular weight is 320 g/mol. The van der Waals surface area contributed by atoms with Crippen LogP contribution >= 0.6 is 15.9 Å². The molecular formula is C14H14BrN3O. The van der Waals surface area contributed by atoms with Crippen LogP contribution < -0.4 is 0 Å². The number of nitrogens with zero attached hydrogens (tertiary/aromatic N) is 3. The van der Waals surface area contributed by atoms with Gasteiger partial charge in [0.2, 0.25) is 0 Å². The molecule has 0 unspecified atom stereocenters. The number of hydrogen-bond acceptors (Lipinski definition) is 3. The van der Waals surface area contributed by atoms with E-state index in [1.165, 1.54) is 0 Å². The second-order valence-electron chi connectivity index (χ2n) is 4.03. The molecule has 19 heavy (non-hydrogen) atoms. The first-order chi connectivity index (χ1) is 9.20. The maximum atomic E-state index is 12.4. The van der Waals surface area contributed by atoms with Crippen molar-refractivity contribution in [3.8, 4) is 0 Å². The molecule has 0 saturated carbocycles. The van der Waals surface area contributed by atoms with Gasteiger partial charge in [-0.3, -0.25) is 14.8 Å². The summed E-state index contributed by atoms with van der Waals surface area (Å²) in [5, 5.41) is 0. The largest absolute Gasteiger partial charge is 0.333 e. The molecule has 4 nitrogen and oxygen atoms in total. The summed E-state index contributed by atoms with van der Waals surface area (Å²) in [6.07, 6.45) is 4.97. The minimum atomic E-state index is -0.0399. The second-order valence-corrected chi connectivity index (χ2v) is 4.95. The molecule has 98 valence electrons. The highest BCUT2D eigenvalue weighted by molar-refractivity contribution is 9.10. The molecule has 0 bridgehead atoms. The van der Waals surface area contributed by atoms with Gasteiger partial charge < -0.3 is 4.90 Å². The maximum Gasteiger partial charge on any atom is 0.255 e. The van der Waals surface area contributed by atoms with Gasteiger partial charge in [0.25, 0.3) is 5.91 Å². The van der Waals surface area contributed by atoms with Crippen molar-refractivity contribution in [2.45, 2.75) is 13.5 Å². The van der Waals surface area contributed by atoms with Gasteiger partial charge in [-0.05, 0) is 41.1 Å². The van der Waals surface area contributed by atoms with Gasteiger partial charge in [0.15, 0.2) is 0 Å². The van der Waals surface area contributed by atoms with E-state index in [-0.39, 0.29) is 5.91 Å². The SMILES string of the molecule is CCN(Cc1ccccn1)C(=O)c1cncc(Br)c1. The van der Waals surface area contributed by atoms with Gasteiger partial charge in [-0.15, -0.1) is 0 Å². The fraction of sp³-hybridized carbons (Fsp3) is 0.214. The van der Waals surface area contributed by atoms with E-state index < -0.39 is 0 Å². The van der Waals surface area contributed by atoms with Crippen LogP contribution in [0, 0.1) is 0 Å². The molecule has 0 N–H and O–H groups in total. The lowest BCUT2D eigenvalue weighted by Gasteiger charge is -2.20. The van der Waals surface area contributed by atoms with Gasteiger partial charge in [0.05, 0.1) is 17.8 Å². The third-order valence-corrected chi connectivity index (χ3v) is 3.13. The first-order valence-electron chi connectivity index (χ1n) is 6.00. The Kier molecular flexibility index (Phi) is 4.63. The van der Waals surface area contributed by atoms with E-state index in [0.717, 1.165) is 10.2 Å². The predicted octanol–water partition coefficient (Wildman–Crippen LogP) is 2.90. The van der Waals surface area contributed by atoms with Gasteiger partial charge in [-0.2, -0.15) is 0 Å². The molecule has 0 fully saturated rings. The Morgan fingerprint density at radius 2 is 2.21 bits per heavy atom. The zero-order chi connectivity index (χ0) is 13.7. The quantitative estimate of drug-likeness (QED) is 0.870.